The molecule has 0 saturated heterocycles. The van der Waals surface area contributed by atoms with Crippen LogP contribution in [0.4, 0.5) is 0 Å². The predicted octanol–water partition coefficient (Wildman–Crippen LogP) is 6.64. The molecule has 1 aliphatic rings. The monoisotopic (exact) mass is 459 g/mol. The van der Waals surface area contributed by atoms with Gasteiger partial charge in [0.05, 0.1) is 5.31 Å². The van der Waals surface area contributed by atoms with Crippen LogP contribution in [0, 0.1) is 0 Å². The molecule has 0 aliphatic heterocycles. The Hall–Kier alpha value is 0.0295. The molecule has 0 nitrogen and oxygen atoms in total. The van der Waals surface area contributed by atoms with Crippen molar-refractivity contribution in [3.05, 3.63) is 84.2 Å². The fourth-order valence-corrected chi connectivity index (χ4v) is 8.62. The van der Waals surface area contributed by atoms with Crippen LogP contribution in [0.15, 0.2) is 84.2 Å². The van der Waals surface area contributed by atoms with Crippen molar-refractivity contribution in [2.24, 2.45) is 0 Å². The first-order valence-electron chi connectivity index (χ1n) is 7.17. The first-order chi connectivity index (χ1) is 11.7. The third kappa shape index (κ3) is 4.40. The molecule has 2 aromatic carbocycles. The summed E-state index contributed by atoms with van der Waals surface area (Å²) in [7, 11) is 7.54. The summed E-state index contributed by atoms with van der Waals surface area (Å²) in [6, 6.07) is 20.9. The molecule has 24 heavy (non-hydrogen) atoms. The summed E-state index contributed by atoms with van der Waals surface area (Å²) in [5.74, 6) is 0. The van der Waals surface area contributed by atoms with Gasteiger partial charge >= 0.3 is 33.3 Å². The van der Waals surface area contributed by atoms with Crippen LogP contribution in [0.5, 0.6) is 0 Å². The average molecular weight is 461 g/mol. The second kappa shape index (κ2) is 10.2. The van der Waals surface area contributed by atoms with E-state index in [1.54, 1.807) is 0 Å². The van der Waals surface area contributed by atoms with E-state index >= 15 is 0 Å². The van der Waals surface area contributed by atoms with Gasteiger partial charge in [-0.15, -0.1) is 0 Å². The molecule has 0 atom stereocenters. The third-order valence-electron chi connectivity index (χ3n) is 3.82. The number of benzene rings is 2. The molecule has 0 bridgehead atoms. The first-order valence-corrected chi connectivity index (χ1v) is 12.9. The first kappa shape index (κ1) is 20.3. The van der Waals surface area contributed by atoms with E-state index in [9.17, 15) is 0 Å². The Morgan fingerprint density at radius 1 is 0.833 bits per heavy atom. The fraction of sp³-hybridized carbons (Fsp3) is 0.111. The molecule has 2 aromatic rings. The van der Waals surface area contributed by atoms with Crippen LogP contribution in [0.1, 0.15) is 6.42 Å². The second-order valence-corrected chi connectivity index (χ2v) is 12.1. The Labute approximate surface area is 168 Å². The van der Waals surface area contributed by atoms with Gasteiger partial charge in [0, 0.05) is 6.42 Å². The van der Waals surface area contributed by atoms with Crippen LogP contribution < -0.4 is 10.6 Å². The molecule has 6 heteroatoms. The van der Waals surface area contributed by atoms with Crippen molar-refractivity contribution in [2.75, 3.05) is 0 Å². The summed E-state index contributed by atoms with van der Waals surface area (Å²) in [6.07, 6.45) is 7.39. The van der Waals surface area contributed by atoms with Crippen LogP contribution in [-0.4, -0.2) is 4.58 Å². The topological polar surface area (TPSA) is 0 Å². The summed E-state index contributed by atoms with van der Waals surface area (Å²) < 4.78 is -0.451. The number of rotatable bonds is 4. The standard InChI is InChI=1S/C18H16Cl2P.2ClH.Fe/c19-18(20)21(17-13-7-8-14-17,15-9-3-1-4-10-15)16-11-5-2-6-12-16;;;/h1-13,18H,14H2;2*1H;/q+1;;;+2/p-2. The van der Waals surface area contributed by atoms with E-state index in [1.807, 2.05) is 12.1 Å². The second-order valence-electron chi connectivity index (χ2n) is 5.01. The number of alkyl halides is 2. The number of allylic oxidation sites excluding steroid dienone is 4. The van der Waals surface area contributed by atoms with Crippen molar-refractivity contribution in [3.63, 3.8) is 0 Å². The summed E-state index contributed by atoms with van der Waals surface area (Å²) in [5, 5.41) is 3.82. The zero-order valence-electron chi connectivity index (χ0n) is 12.6. The van der Waals surface area contributed by atoms with Gasteiger partial charge in [0.15, 0.2) is 0 Å². The van der Waals surface area contributed by atoms with Gasteiger partial charge in [0.25, 0.3) is 0 Å². The van der Waals surface area contributed by atoms with E-state index in [2.05, 4.69) is 66.8 Å². The van der Waals surface area contributed by atoms with E-state index < -0.39 is 11.8 Å². The Morgan fingerprint density at radius 2 is 1.29 bits per heavy atom. The summed E-state index contributed by atoms with van der Waals surface area (Å²) in [5.41, 5.74) is 0. The van der Waals surface area contributed by atoms with Gasteiger partial charge in [-0.25, -0.2) is 0 Å². The number of halogens is 4. The van der Waals surface area contributed by atoms with Crippen LogP contribution in [0.2, 0.25) is 0 Å². The van der Waals surface area contributed by atoms with E-state index in [0.29, 0.717) is 0 Å². The zero-order valence-corrected chi connectivity index (χ0v) is 17.6. The molecule has 0 heterocycles. The van der Waals surface area contributed by atoms with Crippen molar-refractivity contribution in [1.29, 1.82) is 0 Å². The summed E-state index contributed by atoms with van der Waals surface area (Å²) in [6.45, 7) is 0. The van der Waals surface area contributed by atoms with Crippen LogP contribution in [-0.2, 0) is 13.1 Å². The summed E-state index contributed by atoms with van der Waals surface area (Å²) >= 11 is 13.4. The van der Waals surface area contributed by atoms with Gasteiger partial charge in [-0.1, -0.05) is 71.8 Å². The van der Waals surface area contributed by atoms with Gasteiger partial charge in [-0.05, 0) is 30.3 Å². The van der Waals surface area contributed by atoms with Gasteiger partial charge in [0.2, 0.25) is 4.58 Å². The van der Waals surface area contributed by atoms with Gasteiger partial charge in [-0.3, -0.25) is 0 Å². The summed E-state index contributed by atoms with van der Waals surface area (Å²) in [4.78, 5) is 0. The molecule has 3 rings (SSSR count). The maximum absolute atomic E-state index is 6.60. The molecule has 1 aliphatic carbocycles. The van der Waals surface area contributed by atoms with Gasteiger partial charge in [0.1, 0.15) is 17.9 Å². The molecule has 0 N–H and O–H groups in total. The van der Waals surface area contributed by atoms with Gasteiger partial charge < -0.3 is 0 Å². The van der Waals surface area contributed by atoms with Crippen molar-refractivity contribution in [3.8, 4) is 0 Å². The van der Waals surface area contributed by atoms with E-state index in [0.717, 1.165) is 6.42 Å². The van der Waals surface area contributed by atoms with Crippen molar-refractivity contribution < 1.29 is 13.1 Å². The van der Waals surface area contributed by atoms with E-state index in [-0.39, 0.29) is 13.1 Å². The molecule has 0 aromatic heterocycles. The molecule has 0 unspecified atom stereocenters. The fourth-order valence-electron chi connectivity index (χ4n) is 2.86. The molecule has 0 saturated carbocycles. The molecule has 0 fully saturated rings. The van der Waals surface area contributed by atoms with Crippen LogP contribution >= 0.6 is 50.7 Å². The predicted molar refractivity (Wildman–Crippen MR) is 108 cm³/mol. The molecule has 0 spiro atoms. The SMILES string of the molecule is ClC(Cl)[P+](C1=CC=CC1)(c1ccccc1)c1ccccc1.[Cl][Fe][Cl]. The number of hydrogen-bond donors (Lipinski definition) is 0. The molecule has 128 valence electrons. The van der Waals surface area contributed by atoms with Crippen LogP contribution in [0.25, 0.3) is 0 Å². The molecule has 0 amide bonds. The quantitative estimate of drug-likeness (QED) is 0.272. The van der Waals surface area contributed by atoms with E-state index in [4.69, 9.17) is 43.4 Å². The normalized spacial score (nSPS) is 13.6. The molecule has 0 radical (unpaired) electrons. The maximum atomic E-state index is 6.60. The minimum absolute atomic E-state index is 0.194. The molecular formula is C18H16Cl4FeP+. The van der Waals surface area contributed by atoms with Crippen molar-refractivity contribution >= 4 is 61.3 Å². The Kier molecular flexibility index (Phi) is 8.68. The third-order valence-corrected chi connectivity index (χ3v) is 9.63. The number of hydrogen-bond acceptors (Lipinski definition) is 0. The molecular weight excluding hydrogens is 445 g/mol. The van der Waals surface area contributed by atoms with E-state index in [1.165, 1.54) is 15.9 Å². The average Bonchev–Trinajstić information content (AvgIpc) is 3.13. The Balaban J connectivity index is 0.000000647. The van der Waals surface area contributed by atoms with Gasteiger partial charge in [-0.2, -0.15) is 0 Å². The van der Waals surface area contributed by atoms with Crippen molar-refractivity contribution in [2.45, 2.75) is 11.0 Å². The van der Waals surface area contributed by atoms with Crippen LogP contribution in [0.3, 0.4) is 0 Å². The van der Waals surface area contributed by atoms with Crippen molar-refractivity contribution in [1.82, 2.24) is 0 Å². The minimum atomic E-state index is -1.99. The Bertz CT molecular complexity index is 647. The Morgan fingerprint density at radius 3 is 1.62 bits per heavy atom. The zero-order chi connectivity index (χ0) is 17.4.